The summed E-state index contributed by atoms with van der Waals surface area (Å²) in [6, 6.07) is 7.77. The topological polar surface area (TPSA) is 117 Å². The lowest BCUT2D eigenvalue weighted by molar-refractivity contribution is -0.115. The number of carbonyl (C=O) groups is 2. The van der Waals surface area contributed by atoms with Gasteiger partial charge in [-0.05, 0) is 46.3 Å². The van der Waals surface area contributed by atoms with E-state index in [0.29, 0.717) is 21.5 Å². The second kappa shape index (κ2) is 6.13. The van der Waals surface area contributed by atoms with E-state index in [-0.39, 0.29) is 12.3 Å². The zero-order chi connectivity index (χ0) is 16.4. The maximum Gasteiger partial charge on any atom is 0.417 e. The molecule has 0 saturated carbocycles. The first-order valence-corrected chi connectivity index (χ1v) is 7.27. The molecule has 23 heavy (non-hydrogen) atoms. The first-order chi connectivity index (χ1) is 11.0. The minimum absolute atomic E-state index is 0.0991. The number of aromatic amines is 1. The number of oxazole rings is 1. The number of carbonyl (C=O) groups excluding carboxylic acids is 2. The van der Waals surface area contributed by atoms with Crippen LogP contribution in [0.4, 0.5) is 5.69 Å². The van der Waals surface area contributed by atoms with E-state index in [1.54, 1.807) is 24.3 Å². The Kier molecular flexibility index (Phi) is 4.02. The Bertz CT molecular complexity index is 939. The molecule has 3 aromatic rings. The first kappa shape index (κ1) is 15.1. The summed E-state index contributed by atoms with van der Waals surface area (Å²) in [6.07, 6.45) is 0. The van der Waals surface area contributed by atoms with Gasteiger partial charge in [0.1, 0.15) is 0 Å². The second-order valence-electron chi connectivity index (χ2n) is 4.56. The maximum absolute atomic E-state index is 11.8. The van der Waals surface area contributed by atoms with E-state index in [2.05, 4.69) is 31.5 Å². The van der Waals surface area contributed by atoms with Gasteiger partial charge in [-0.25, -0.2) is 4.79 Å². The minimum Gasteiger partial charge on any atom is -0.444 e. The van der Waals surface area contributed by atoms with Crippen LogP contribution in [0.2, 0.25) is 0 Å². The largest absolute Gasteiger partial charge is 0.444 e. The molecule has 3 rings (SSSR count). The molecule has 2 amide bonds. The van der Waals surface area contributed by atoms with Crippen molar-refractivity contribution >= 4 is 44.5 Å². The van der Waals surface area contributed by atoms with Crippen LogP contribution in [0.15, 0.2) is 48.6 Å². The van der Waals surface area contributed by atoms with E-state index < -0.39 is 17.6 Å². The summed E-state index contributed by atoms with van der Waals surface area (Å²) in [5, 5.41) is 5.03. The molecular formula is C14H10BrN3O5. The molecule has 2 heterocycles. The molecule has 0 bridgehead atoms. The normalized spacial score (nSPS) is 10.7. The molecule has 0 aliphatic rings. The van der Waals surface area contributed by atoms with E-state index >= 15 is 0 Å². The summed E-state index contributed by atoms with van der Waals surface area (Å²) < 4.78 is 10.4. The van der Waals surface area contributed by atoms with Gasteiger partial charge in [-0.1, -0.05) is 0 Å². The first-order valence-electron chi connectivity index (χ1n) is 6.47. The van der Waals surface area contributed by atoms with Crippen LogP contribution in [-0.4, -0.2) is 23.3 Å². The van der Waals surface area contributed by atoms with Gasteiger partial charge in [0.2, 0.25) is 5.91 Å². The van der Waals surface area contributed by atoms with Crippen molar-refractivity contribution in [2.45, 2.75) is 0 Å². The molecule has 2 aromatic heterocycles. The second-order valence-corrected chi connectivity index (χ2v) is 5.34. The number of H-pyrrole nitrogens is 1. The number of anilines is 1. The van der Waals surface area contributed by atoms with Gasteiger partial charge >= 0.3 is 5.76 Å². The number of rotatable bonds is 4. The fourth-order valence-electron chi connectivity index (χ4n) is 1.92. The summed E-state index contributed by atoms with van der Waals surface area (Å²) in [5.74, 6) is -1.39. The average Bonchev–Trinajstić information content (AvgIpc) is 3.09. The minimum atomic E-state index is -0.569. The summed E-state index contributed by atoms with van der Waals surface area (Å²) in [7, 11) is 0. The third-order valence-corrected chi connectivity index (χ3v) is 3.34. The van der Waals surface area contributed by atoms with Gasteiger partial charge < -0.3 is 19.5 Å². The fraction of sp³-hybridized carbons (Fsp3) is 0.0714. The van der Waals surface area contributed by atoms with E-state index in [1.165, 1.54) is 6.07 Å². The predicted molar refractivity (Wildman–Crippen MR) is 84.2 cm³/mol. The number of nitrogens with one attached hydrogen (secondary N) is 3. The van der Waals surface area contributed by atoms with Crippen LogP contribution in [0.1, 0.15) is 10.6 Å². The Balaban J connectivity index is 1.59. The zero-order valence-corrected chi connectivity index (χ0v) is 13.1. The van der Waals surface area contributed by atoms with Crippen molar-refractivity contribution < 1.29 is 18.4 Å². The lowest BCUT2D eigenvalue weighted by Crippen LogP contribution is -2.32. The van der Waals surface area contributed by atoms with E-state index in [9.17, 15) is 14.4 Å². The molecule has 0 radical (unpaired) electrons. The van der Waals surface area contributed by atoms with Gasteiger partial charge in [0, 0.05) is 5.69 Å². The highest BCUT2D eigenvalue weighted by Gasteiger charge is 2.12. The lowest BCUT2D eigenvalue weighted by Gasteiger charge is -2.06. The van der Waals surface area contributed by atoms with Gasteiger partial charge in [0.25, 0.3) is 5.91 Å². The summed E-state index contributed by atoms with van der Waals surface area (Å²) >= 11 is 3.09. The number of amides is 2. The molecule has 8 nitrogen and oxygen atoms in total. The molecular weight excluding hydrogens is 370 g/mol. The highest BCUT2D eigenvalue weighted by atomic mass is 79.9. The number of hydrogen-bond donors (Lipinski definition) is 3. The van der Waals surface area contributed by atoms with Crippen molar-refractivity contribution in [2.75, 3.05) is 11.9 Å². The highest BCUT2D eigenvalue weighted by Crippen LogP contribution is 2.16. The molecule has 0 aliphatic heterocycles. The zero-order valence-electron chi connectivity index (χ0n) is 11.5. The van der Waals surface area contributed by atoms with Crippen molar-refractivity contribution in [3.8, 4) is 0 Å². The van der Waals surface area contributed by atoms with Crippen molar-refractivity contribution in [3.63, 3.8) is 0 Å². The average molecular weight is 380 g/mol. The summed E-state index contributed by atoms with van der Waals surface area (Å²) in [5.41, 5.74) is 1.33. The smallest absolute Gasteiger partial charge is 0.417 e. The standard InChI is InChI=1S/C14H10BrN3O5/c15-11-4-3-10(22-11)13(20)16-6-12(19)17-7-1-2-9-8(5-7)18-14(21)23-9/h1-5H,6H2,(H,16,20)(H,17,19)(H,18,21). The third kappa shape index (κ3) is 3.51. The molecule has 0 spiro atoms. The summed E-state index contributed by atoms with van der Waals surface area (Å²) in [6.45, 7) is -0.225. The van der Waals surface area contributed by atoms with Gasteiger partial charge in [-0.15, -0.1) is 0 Å². The molecule has 0 saturated heterocycles. The fourth-order valence-corrected chi connectivity index (χ4v) is 2.23. The number of furan rings is 1. The molecule has 0 aliphatic carbocycles. The van der Waals surface area contributed by atoms with Crippen molar-refractivity contribution in [2.24, 2.45) is 0 Å². The maximum atomic E-state index is 11.8. The van der Waals surface area contributed by atoms with Gasteiger partial charge in [0.05, 0.1) is 12.1 Å². The van der Waals surface area contributed by atoms with Crippen LogP contribution in [-0.2, 0) is 4.79 Å². The molecule has 1 aromatic carbocycles. The Morgan fingerprint density at radius 1 is 1.17 bits per heavy atom. The van der Waals surface area contributed by atoms with Crippen molar-refractivity contribution in [3.05, 3.63) is 51.3 Å². The van der Waals surface area contributed by atoms with Crippen LogP contribution in [0.5, 0.6) is 0 Å². The SMILES string of the molecule is O=C(CNC(=O)c1ccc(Br)o1)Nc1ccc2oc(=O)[nH]c2c1. The number of fused-ring (bicyclic) bond motifs is 1. The Morgan fingerprint density at radius 2 is 2.00 bits per heavy atom. The van der Waals surface area contributed by atoms with Crippen molar-refractivity contribution in [1.82, 2.24) is 10.3 Å². The number of benzene rings is 1. The monoisotopic (exact) mass is 379 g/mol. The molecule has 0 fully saturated rings. The van der Waals surface area contributed by atoms with Crippen LogP contribution in [0.3, 0.4) is 0 Å². The van der Waals surface area contributed by atoms with Gasteiger partial charge in [-0.2, -0.15) is 0 Å². The van der Waals surface area contributed by atoms with E-state index in [1.807, 2.05) is 0 Å². The molecule has 3 N–H and O–H groups in total. The summed E-state index contributed by atoms with van der Waals surface area (Å²) in [4.78, 5) is 37.1. The molecule has 118 valence electrons. The predicted octanol–water partition coefficient (Wildman–Crippen LogP) is 1.85. The van der Waals surface area contributed by atoms with Gasteiger partial charge in [-0.3, -0.25) is 14.6 Å². The molecule has 9 heteroatoms. The van der Waals surface area contributed by atoms with Crippen LogP contribution in [0.25, 0.3) is 11.1 Å². The highest BCUT2D eigenvalue weighted by molar-refractivity contribution is 9.10. The lowest BCUT2D eigenvalue weighted by atomic mass is 10.3. The van der Waals surface area contributed by atoms with Crippen LogP contribution in [0, 0.1) is 0 Å². The number of hydrogen-bond acceptors (Lipinski definition) is 5. The van der Waals surface area contributed by atoms with Crippen LogP contribution < -0.4 is 16.4 Å². The Labute approximate surface area is 137 Å². The van der Waals surface area contributed by atoms with Crippen LogP contribution >= 0.6 is 15.9 Å². The molecule has 0 unspecified atom stereocenters. The van der Waals surface area contributed by atoms with E-state index in [4.69, 9.17) is 8.83 Å². The quantitative estimate of drug-likeness (QED) is 0.639. The Hall–Kier alpha value is -2.81. The third-order valence-electron chi connectivity index (χ3n) is 2.91. The van der Waals surface area contributed by atoms with E-state index in [0.717, 1.165) is 0 Å². The van der Waals surface area contributed by atoms with Gasteiger partial charge in [0.15, 0.2) is 16.0 Å². The van der Waals surface area contributed by atoms with Crippen molar-refractivity contribution in [1.29, 1.82) is 0 Å². The Morgan fingerprint density at radius 3 is 2.74 bits per heavy atom. The number of halogens is 1. The molecule has 0 atom stereocenters. The number of aromatic nitrogens is 1.